The molecule has 2 aromatic carbocycles. The largest absolute Gasteiger partial charge is 0.462 e. The number of morpholine rings is 1. The van der Waals surface area contributed by atoms with Gasteiger partial charge in [-0.2, -0.15) is 0 Å². The van der Waals surface area contributed by atoms with Gasteiger partial charge in [-0.15, -0.1) is 0 Å². The number of aromatic nitrogens is 1. The average molecular weight is 637 g/mol. The molecule has 230 valence electrons. The Bertz CT molecular complexity index is 1660. The van der Waals surface area contributed by atoms with Crippen LogP contribution < -0.4 is 14.7 Å². The minimum Gasteiger partial charge on any atom is -0.462 e. The number of anilines is 2. The predicted octanol–water partition coefficient (Wildman–Crippen LogP) is 2.81. The summed E-state index contributed by atoms with van der Waals surface area (Å²) < 4.78 is 11.9. The quantitative estimate of drug-likeness (QED) is 0.285. The second-order valence-electron chi connectivity index (χ2n) is 10.9. The Balaban J connectivity index is 1.39. The van der Waals surface area contributed by atoms with E-state index in [1.54, 1.807) is 24.0 Å². The van der Waals surface area contributed by atoms with Crippen LogP contribution in [0, 0.1) is 5.92 Å². The van der Waals surface area contributed by atoms with Crippen molar-refractivity contribution in [1.82, 2.24) is 9.47 Å². The molecule has 2 saturated heterocycles. The van der Waals surface area contributed by atoms with Gasteiger partial charge in [0, 0.05) is 43.7 Å². The van der Waals surface area contributed by atoms with Crippen molar-refractivity contribution in [3.05, 3.63) is 74.2 Å². The van der Waals surface area contributed by atoms with Gasteiger partial charge in [-0.1, -0.05) is 35.2 Å². The van der Waals surface area contributed by atoms with Gasteiger partial charge in [0.15, 0.2) is 0 Å². The molecule has 1 aromatic heterocycles. The second-order valence-corrected chi connectivity index (χ2v) is 13.0. The first-order valence-electron chi connectivity index (χ1n) is 14.4. The number of imide groups is 1. The van der Waals surface area contributed by atoms with Gasteiger partial charge in [-0.25, -0.2) is 9.69 Å². The van der Waals surface area contributed by atoms with Crippen LogP contribution >= 0.6 is 23.1 Å². The van der Waals surface area contributed by atoms with Crippen LogP contribution in [0.4, 0.5) is 11.4 Å². The number of amides is 3. The van der Waals surface area contributed by atoms with Gasteiger partial charge in [0.05, 0.1) is 42.0 Å². The Morgan fingerprint density at radius 1 is 0.977 bits per heavy atom. The molecule has 0 spiro atoms. The molecule has 0 bridgehead atoms. The summed E-state index contributed by atoms with van der Waals surface area (Å²) in [6, 6.07) is 14.0. The Kier molecular flexibility index (Phi) is 8.36. The number of benzene rings is 2. The van der Waals surface area contributed by atoms with E-state index in [9.17, 15) is 24.0 Å². The molecular formula is C31H32N4O7S2. The van der Waals surface area contributed by atoms with Crippen molar-refractivity contribution in [2.24, 2.45) is 5.92 Å². The van der Waals surface area contributed by atoms with E-state index >= 15 is 0 Å². The number of carbonyl (C=O) groups is 4. The van der Waals surface area contributed by atoms with Crippen molar-refractivity contribution in [3.8, 4) is 0 Å². The SMILES string of the molecule is CCOC(=O)c1ccc(N2C(=O)[C@H]3[C@H](c4ccc(N(C)C)cc4)c4sc(=O)n(CC(=O)N5CCOCC5)c4S[C@H]3C2=O)cc1. The number of rotatable bonds is 7. The molecule has 0 unspecified atom stereocenters. The van der Waals surface area contributed by atoms with Crippen LogP contribution in [0.25, 0.3) is 0 Å². The first-order valence-corrected chi connectivity index (χ1v) is 16.1. The Hall–Kier alpha value is -3.94. The van der Waals surface area contributed by atoms with Gasteiger partial charge in [0.2, 0.25) is 17.7 Å². The molecule has 44 heavy (non-hydrogen) atoms. The number of esters is 1. The summed E-state index contributed by atoms with van der Waals surface area (Å²) in [5, 5.41) is -0.262. The molecule has 3 aliphatic rings. The summed E-state index contributed by atoms with van der Waals surface area (Å²) in [7, 11) is 3.87. The zero-order chi connectivity index (χ0) is 31.1. The number of fused-ring (bicyclic) bond motifs is 2. The highest BCUT2D eigenvalue weighted by Gasteiger charge is 2.56. The van der Waals surface area contributed by atoms with E-state index in [2.05, 4.69) is 0 Å². The van der Waals surface area contributed by atoms with E-state index < -0.39 is 29.0 Å². The maximum Gasteiger partial charge on any atom is 0.338 e. The smallest absolute Gasteiger partial charge is 0.338 e. The Morgan fingerprint density at radius 2 is 1.66 bits per heavy atom. The third kappa shape index (κ3) is 5.33. The highest BCUT2D eigenvalue weighted by atomic mass is 32.2. The summed E-state index contributed by atoms with van der Waals surface area (Å²) in [6.45, 7) is 3.59. The van der Waals surface area contributed by atoms with Crippen LogP contribution in [0.15, 0.2) is 58.4 Å². The van der Waals surface area contributed by atoms with E-state index in [-0.39, 0.29) is 29.8 Å². The van der Waals surface area contributed by atoms with Gasteiger partial charge >= 0.3 is 10.8 Å². The zero-order valence-corrected chi connectivity index (χ0v) is 26.2. The highest BCUT2D eigenvalue weighted by Crippen LogP contribution is 2.54. The monoisotopic (exact) mass is 636 g/mol. The third-order valence-corrected chi connectivity index (χ3v) is 10.7. The fourth-order valence-electron chi connectivity index (χ4n) is 5.86. The number of nitrogens with zero attached hydrogens (tertiary/aromatic N) is 4. The molecule has 0 N–H and O–H groups in total. The van der Waals surface area contributed by atoms with Crippen LogP contribution in [-0.4, -0.2) is 85.4 Å². The van der Waals surface area contributed by atoms with E-state index in [4.69, 9.17) is 9.47 Å². The van der Waals surface area contributed by atoms with Gasteiger partial charge in [0.1, 0.15) is 11.8 Å². The van der Waals surface area contributed by atoms with Crippen molar-refractivity contribution in [2.45, 2.75) is 29.7 Å². The lowest BCUT2D eigenvalue weighted by Gasteiger charge is -2.31. The zero-order valence-electron chi connectivity index (χ0n) is 24.6. The van der Waals surface area contributed by atoms with Gasteiger partial charge in [-0.3, -0.25) is 23.7 Å². The highest BCUT2D eigenvalue weighted by molar-refractivity contribution is 8.00. The second kappa shape index (κ2) is 12.2. The van der Waals surface area contributed by atoms with Crippen LogP contribution in [0.5, 0.6) is 0 Å². The number of thioether (sulfide) groups is 1. The molecule has 2 fully saturated rings. The van der Waals surface area contributed by atoms with Crippen molar-refractivity contribution in [2.75, 3.05) is 56.8 Å². The lowest BCUT2D eigenvalue weighted by molar-refractivity contribution is -0.136. The van der Waals surface area contributed by atoms with Gasteiger partial charge in [0.25, 0.3) is 0 Å². The van der Waals surface area contributed by atoms with Crippen molar-refractivity contribution in [1.29, 1.82) is 0 Å². The number of hydrogen-bond donors (Lipinski definition) is 0. The summed E-state index contributed by atoms with van der Waals surface area (Å²) in [6.07, 6.45) is 0. The topological polar surface area (TPSA) is 118 Å². The fourth-order valence-corrected chi connectivity index (χ4v) is 8.63. The fraction of sp³-hybridized carbons (Fsp3) is 0.387. The third-order valence-electron chi connectivity index (χ3n) is 8.11. The molecule has 3 aliphatic heterocycles. The van der Waals surface area contributed by atoms with Crippen molar-refractivity contribution < 1.29 is 28.7 Å². The van der Waals surface area contributed by atoms with Crippen molar-refractivity contribution >= 4 is 58.2 Å². The first-order chi connectivity index (χ1) is 21.2. The summed E-state index contributed by atoms with van der Waals surface area (Å²) in [5.74, 6) is -2.79. The molecule has 3 atom stereocenters. The molecule has 3 aromatic rings. The summed E-state index contributed by atoms with van der Waals surface area (Å²) in [4.78, 5) is 72.1. The number of hydrogen-bond acceptors (Lipinski definition) is 10. The maximum absolute atomic E-state index is 14.2. The van der Waals surface area contributed by atoms with Crippen LogP contribution in [0.1, 0.15) is 33.6 Å². The molecule has 6 rings (SSSR count). The lowest BCUT2D eigenvalue weighted by atomic mass is 9.83. The maximum atomic E-state index is 14.2. The molecule has 4 heterocycles. The molecule has 11 nitrogen and oxygen atoms in total. The first kappa shape index (κ1) is 30.1. The Labute approximate surface area is 262 Å². The lowest BCUT2D eigenvalue weighted by Crippen LogP contribution is -2.43. The van der Waals surface area contributed by atoms with E-state index in [0.717, 1.165) is 22.6 Å². The van der Waals surface area contributed by atoms with Crippen LogP contribution in [0.2, 0.25) is 0 Å². The summed E-state index contributed by atoms with van der Waals surface area (Å²) >= 11 is 2.20. The van der Waals surface area contributed by atoms with E-state index in [0.29, 0.717) is 47.5 Å². The normalized spacial score (nSPS) is 21.2. The van der Waals surface area contributed by atoms with Crippen LogP contribution in [0.3, 0.4) is 0 Å². The van der Waals surface area contributed by atoms with Gasteiger partial charge in [-0.05, 0) is 48.9 Å². The minimum absolute atomic E-state index is 0.150. The summed E-state index contributed by atoms with van der Waals surface area (Å²) in [5.41, 5.74) is 2.44. The van der Waals surface area contributed by atoms with E-state index in [1.165, 1.54) is 33.4 Å². The molecule has 0 saturated carbocycles. The standard InChI is InChI=1S/C31H32N4O7S2/c1-4-42-30(39)19-7-11-21(12-8-19)35-27(37)24-23(18-5-9-20(10-6-18)32(2)3)26-29(43-25(24)28(35)38)34(31(40)44-26)17-22(36)33-13-15-41-16-14-33/h5-12,23-25H,4,13-17H2,1-3H3/t23-,24-,25+/m0/s1. The Morgan fingerprint density at radius 3 is 2.30 bits per heavy atom. The molecular weight excluding hydrogens is 604 g/mol. The number of ether oxygens (including phenoxy) is 2. The minimum atomic E-state index is -0.808. The van der Waals surface area contributed by atoms with Gasteiger partial charge < -0.3 is 19.3 Å². The molecule has 0 radical (unpaired) electrons. The van der Waals surface area contributed by atoms with Crippen molar-refractivity contribution in [3.63, 3.8) is 0 Å². The molecule has 3 amide bonds. The predicted molar refractivity (Wildman–Crippen MR) is 167 cm³/mol. The molecule has 0 aliphatic carbocycles. The number of carbonyl (C=O) groups excluding carboxylic acids is 4. The van der Waals surface area contributed by atoms with Crippen LogP contribution in [-0.2, 0) is 30.4 Å². The van der Waals surface area contributed by atoms with E-state index in [1.807, 2.05) is 43.3 Å². The average Bonchev–Trinajstić information content (AvgIpc) is 3.47. The number of thiazole rings is 1. The molecule has 13 heteroatoms.